The van der Waals surface area contributed by atoms with Gasteiger partial charge >= 0.3 is 0 Å². The molecule has 0 aliphatic heterocycles. The maximum absolute atomic E-state index is 5.48. The van der Waals surface area contributed by atoms with Crippen molar-refractivity contribution in [1.29, 1.82) is 0 Å². The van der Waals surface area contributed by atoms with Crippen molar-refractivity contribution in [3.63, 3.8) is 0 Å². The molecule has 114 valence electrons. The van der Waals surface area contributed by atoms with E-state index in [1.54, 1.807) is 7.11 Å². The third-order valence-corrected chi connectivity index (χ3v) is 3.70. The molecule has 20 heavy (non-hydrogen) atoms. The smallest absolute Gasteiger partial charge is 0.160 e. The quantitative estimate of drug-likeness (QED) is 0.869. The fourth-order valence-corrected chi connectivity index (χ4v) is 2.31. The molecule has 0 radical (unpaired) electrons. The highest BCUT2D eigenvalue weighted by Crippen LogP contribution is 2.26. The number of nitrogens with one attached hydrogen (secondary N) is 1. The summed E-state index contributed by atoms with van der Waals surface area (Å²) in [6, 6.07) is 0.491. The average molecular weight is 279 g/mol. The summed E-state index contributed by atoms with van der Waals surface area (Å²) >= 11 is 0. The fourth-order valence-electron chi connectivity index (χ4n) is 2.31. The van der Waals surface area contributed by atoms with Gasteiger partial charge in [-0.15, -0.1) is 0 Å². The van der Waals surface area contributed by atoms with Crippen LogP contribution in [0.1, 0.15) is 63.3 Å². The molecule has 0 saturated carbocycles. The van der Waals surface area contributed by atoms with Crippen molar-refractivity contribution in [2.75, 3.05) is 13.7 Å². The van der Waals surface area contributed by atoms with E-state index in [0.29, 0.717) is 12.0 Å². The topological polar surface area (TPSA) is 47.0 Å². The first-order chi connectivity index (χ1) is 9.19. The first-order valence-electron chi connectivity index (χ1n) is 7.33. The molecule has 0 aliphatic carbocycles. The first-order valence-corrected chi connectivity index (χ1v) is 7.33. The summed E-state index contributed by atoms with van der Waals surface area (Å²) in [6.45, 7) is 15.6. The first kappa shape index (κ1) is 17.1. The molecule has 1 atom stereocenters. The molecule has 1 aromatic rings. The van der Waals surface area contributed by atoms with Crippen LogP contribution in [0.3, 0.4) is 0 Å². The van der Waals surface area contributed by atoms with E-state index in [1.165, 1.54) is 5.56 Å². The minimum absolute atomic E-state index is 0.400. The minimum atomic E-state index is -0.451. The lowest BCUT2D eigenvalue weighted by atomic mass is 9.97. The third-order valence-electron chi connectivity index (χ3n) is 3.70. The molecule has 0 amide bonds. The Morgan fingerprint density at radius 1 is 1.10 bits per heavy atom. The summed E-state index contributed by atoms with van der Waals surface area (Å²) in [6.07, 6.45) is 0. The molecule has 0 spiro atoms. The lowest BCUT2D eigenvalue weighted by Gasteiger charge is -2.24. The highest BCUT2D eigenvalue weighted by molar-refractivity contribution is 5.29. The zero-order chi connectivity index (χ0) is 15.5. The van der Waals surface area contributed by atoms with Gasteiger partial charge < -0.3 is 10.1 Å². The van der Waals surface area contributed by atoms with Crippen molar-refractivity contribution in [3.8, 4) is 0 Å². The second-order valence-corrected chi connectivity index (χ2v) is 6.31. The second kappa shape index (κ2) is 6.64. The molecule has 1 rings (SSSR count). The van der Waals surface area contributed by atoms with Gasteiger partial charge in [-0.1, -0.05) is 20.8 Å². The monoisotopic (exact) mass is 279 g/mol. The second-order valence-electron chi connectivity index (χ2n) is 6.31. The SMILES string of the molecule is COC(C)(C)c1nc(C)c(C(C)CNC(C)C)c(C)n1. The third kappa shape index (κ3) is 4.00. The molecule has 0 aliphatic rings. The lowest BCUT2D eigenvalue weighted by Crippen LogP contribution is -2.29. The molecule has 4 heteroatoms. The van der Waals surface area contributed by atoms with E-state index in [-0.39, 0.29) is 0 Å². The van der Waals surface area contributed by atoms with Gasteiger partial charge in [-0.3, -0.25) is 0 Å². The van der Waals surface area contributed by atoms with Gasteiger partial charge in [-0.2, -0.15) is 0 Å². The van der Waals surface area contributed by atoms with E-state index in [2.05, 4.69) is 49.9 Å². The van der Waals surface area contributed by atoms with Gasteiger partial charge in [0.25, 0.3) is 0 Å². The van der Waals surface area contributed by atoms with Crippen LogP contribution in [-0.4, -0.2) is 29.7 Å². The van der Waals surface area contributed by atoms with Crippen LogP contribution in [0.4, 0.5) is 0 Å². The maximum atomic E-state index is 5.48. The van der Waals surface area contributed by atoms with Gasteiger partial charge in [-0.25, -0.2) is 9.97 Å². The molecule has 4 nitrogen and oxygen atoms in total. The van der Waals surface area contributed by atoms with Gasteiger partial charge in [0.05, 0.1) is 0 Å². The largest absolute Gasteiger partial charge is 0.371 e. The molecule has 1 unspecified atom stereocenters. The van der Waals surface area contributed by atoms with Gasteiger partial charge in [0, 0.05) is 31.1 Å². The van der Waals surface area contributed by atoms with E-state index in [0.717, 1.165) is 23.8 Å². The van der Waals surface area contributed by atoms with Crippen LogP contribution in [0.2, 0.25) is 0 Å². The van der Waals surface area contributed by atoms with Crippen LogP contribution in [-0.2, 0) is 10.3 Å². The Labute approximate surface area is 123 Å². The summed E-state index contributed by atoms with van der Waals surface area (Å²) in [4.78, 5) is 9.32. The van der Waals surface area contributed by atoms with Crippen LogP contribution in [0.5, 0.6) is 0 Å². The molecular formula is C16H29N3O. The number of hydrogen-bond acceptors (Lipinski definition) is 4. The van der Waals surface area contributed by atoms with Crippen LogP contribution < -0.4 is 5.32 Å². The van der Waals surface area contributed by atoms with Crippen molar-refractivity contribution in [2.24, 2.45) is 0 Å². The summed E-state index contributed by atoms with van der Waals surface area (Å²) < 4.78 is 5.48. The predicted octanol–water partition coefficient (Wildman–Crippen LogP) is 3.08. The Morgan fingerprint density at radius 2 is 1.60 bits per heavy atom. The number of methoxy groups -OCH3 is 1. The number of aromatic nitrogens is 2. The maximum Gasteiger partial charge on any atom is 0.160 e. The van der Waals surface area contributed by atoms with E-state index in [4.69, 9.17) is 4.74 Å². The highest BCUT2D eigenvalue weighted by Gasteiger charge is 2.25. The number of rotatable bonds is 6. The molecule has 0 aromatic carbocycles. The minimum Gasteiger partial charge on any atom is -0.371 e. The lowest BCUT2D eigenvalue weighted by molar-refractivity contribution is 0.0111. The van der Waals surface area contributed by atoms with E-state index in [9.17, 15) is 0 Å². The van der Waals surface area contributed by atoms with Crippen molar-refractivity contribution in [3.05, 3.63) is 22.8 Å². The Bertz CT molecular complexity index is 432. The molecule has 1 N–H and O–H groups in total. The Balaban J connectivity index is 3.06. The van der Waals surface area contributed by atoms with E-state index < -0.39 is 5.60 Å². The Hall–Kier alpha value is -1.00. The zero-order valence-electron chi connectivity index (χ0n) is 14.2. The van der Waals surface area contributed by atoms with Crippen molar-refractivity contribution in [2.45, 2.75) is 66.0 Å². The number of hydrogen-bond donors (Lipinski definition) is 1. The van der Waals surface area contributed by atoms with Gasteiger partial charge in [0.2, 0.25) is 0 Å². The number of aryl methyl sites for hydroxylation is 2. The summed E-state index contributed by atoms with van der Waals surface area (Å²) in [7, 11) is 1.69. The van der Waals surface area contributed by atoms with Crippen molar-refractivity contribution < 1.29 is 4.74 Å². The molecule has 1 aromatic heterocycles. The van der Waals surface area contributed by atoms with Gasteiger partial charge in [0.15, 0.2) is 5.82 Å². The summed E-state index contributed by atoms with van der Waals surface area (Å²) in [5.41, 5.74) is 2.90. The van der Waals surface area contributed by atoms with Crippen molar-refractivity contribution >= 4 is 0 Å². The van der Waals surface area contributed by atoms with Gasteiger partial charge in [-0.05, 0) is 39.2 Å². The standard InChI is InChI=1S/C16H29N3O/c1-10(2)17-9-11(3)14-12(4)18-15(19-13(14)5)16(6,7)20-8/h10-11,17H,9H2,1-8H3. The van der Waals surface area contributed by atoms with Crippen LogP contribution in [0.25, 0.3) is 0 Å². The molecule has 1 heterocycles. The molecular weight excluding hydrogens is 250 g/mol. The number of nitrogens with zero attached hydrogens (tertiary/aromatic N) is 2. The van der Waals surface area contributed by atoms with E-state index >= 15 is 0 Å². The fraction of sp³-hybridized carbons (Fsp3) is 0.750. The molecule has 0 fully saturated rings. The molecule has 0 bridgehead atoms. The van der Waals surface area contributed by atoms with Crippen LogP contribution in [0, 0.1) is 13.8 Å². The normalized spacial score (nSPS) is 13.8. The Kier molecular flexibility index (Phi) is 5.66. The average Bonchev–Trinajstić information content (AvgIpc) is 2.35. The van der Waals surface area contributed by atoms with Crippen molar-refractivity contribution in [1.82, 2.24) is 15.3 Å². The summed E-state index contributed by atoms with van der Waals surface area (Å²) in [5.74, 6) is 1.15. The molecule has 0 saturated heterocycles. The highest BCUT2D eigenvalue weighted by atomic mass is 16.5. The zero-order valence-corrected chi connectivity index (χ0v) is 14.2. The van der Waals surface area contributed by atoms with Gasteiger partial charge in [0.1, 0.15) is 5.60 Å². The van der Waals surface area contributed by atoms with E-state index in [1.807, 2.05) is 13.8 Å². The summed E-state index contributed by atoms with van der Waals surface area (Å²) in [5, 5.41) is 3.47. The van der Waals surface area contributed by atoms with Crippen LogP contribution in [0.15, 0.2) is 0 Å². The predicted molar refractivity (Wildman–Crippen MR) is 83.1 cm³/mol. The Morgan fingerprint density at radius 3 is 2.00 bits per heavy atom. The number of ether oxygens (including phenoxy) is 1. The van der Waals surface area contributed by atoms with Crippen LogP contribution >= 0.6 is 0 Å².